The van der Waals surface area contributed by atoms with E-state index in [1.807, 2.05) is 19.1 Å². The second-order valence-electron chi connectivity index (χ2n) is 8.78. The zero-order valence-electron chi connectivity index (χ0n) is 17.1. The van der Waals surface area contributed by atoms with Crippen molar-refractivity contribution in [2.75, 3.05) is 18.1 Å². The number of aryl methyl sites for hydroxylation is 1. The predicted octanol–water partition coefficient (Wildman–Crippen LogP) is 4.93. The van der Waals surface area contributed by atoms with Crippen LogP contribution in [0.1, 0.15) is 56.1 Å². The smallest absolute Gasteiger partial charge is 0.329 e. The maximum atomic E-state index is 13.6. The number of thioether (sulfide) groups is 2. The van der Waals surface area contributed by atoms with Crippen LogP contribution in [0.3, 0.4) is 0 Å². The topological polar surface area (TPSA) is 52.6 Å². The Labute approximate surface area is 180 Å². The molecule has 2 aliphatic heterocycles. The molecule has 2 aliphatic carbocycles. The number of benzene rings is 1. The van der Waals surface area contributed by atoms with Crippen LogP contribution in [0.2, 0.25) is 0 Å². The molecule has 2 saturated carbocycles. The molecule has 1 aromatic rings. The molecule has 0 N–H and O–H groups in total. The van der Waals surface area contributed by atoms with Gasteiger partial charge < -0.3 is 9.47 Å². The van der Waals surface area contributed by atoms with Crippen LogP contribution in [-0.2, 0) is 14.3 Å². The third-order valence-corrected chi connectivity index (χ3v) is 11.0. The Bertz CT molecular complexity index is 847. The molecule has 2 heterocycles. The van der Waals surface area contributed by atoms with E-state index < -0.39 is 5.41 Å². The lowest BCUT2D eigenvalue weighted by Gasteiger charge is -2.57. The summed E-state index contributed by atoms with van der Waals surface area (Å²) in [7, 11) is 0. The highest BCUT2D eigenvalue weighted by atomic mass is 32.2. The minimum absolute atomic E-state index is 0.000405. The molecule has 4 aliphatic rings. The minimum Gasteiger partial charge on any atom is -0.465 e. The Kier molecular flexibility index (Phi) is 4.93. The maximum Gasteiger partial charge on any atom is 0.329 e. The second-order valence-corrected chi connectivity index (χ2v) is 11.9. The first-order valence-corrected chi connectivity index (χ1v) is 12.8. The highest BCUT2D eigenvalue weighted by molar-refractivity contribution is 8.18. The van der Waals surface area contributed by atoms with Gasteiger partial charge in [-0.3, -0.25) is 9.59 Å². The lowest BCUT2D eigenvalue weighted by atomic mass is 9.54. The molecule has 0 aromatic heterocycles. The van der Waals surface area contributed by atoms with E-state index in [9.17, 15) is 9.59 Å². The van der Waals surface area contributed by atoms with Gasteiger partial charge in [-0.15, -0.1) is 23.5 Å². The van der Waals surface area contributed by atoms with E-state index in [1.54, 1.807) is 0 Å². The van der Waals surface area contributed by atoms with E-state index in [4.69, 9.17) is 9.47 Å². The lowest BCUT2D eigenvalue weighted by molar-refractivity contribution is -0.181. The van der Waals surface area contributed by atoms with E-state index in [-0.39, 0.29) is 34.5 Å². The number of hydrogen-bond donors (Lipinski definition) is 0. The SMILES string of the molecule is CCOC(=O)C12C(=O)Oc3ccc(C)cc3C1CC1(SCCCS1)C1CCCC12. The van der Waals surface area contributed by atoms with Crippen molar-refractivity contribution >= 4 is 35.5 Å². The quantitative estimate of drug-likeness (QED) is 0.375. The van der Waals surface area contributed by atoms with Crippen LogP contribution in [0.15, 0.2) is 18.2 Å². The molecule has 0 amide bonds. The lowest BCUT2D eigenvalue weighted by Crippen LogP contribution is -2.62. The van der Waals surface area contributed by atoms with Gasteiger partial charge in [-0.25, -0.2) is 0 Å². The Morgan fingerprint density at radius 2 is 1.97 bits per heavy atom. The van der Waals surface area contributed by atoms with Crippen molar-refractivity contribution < 1.29 is 19.1 Å². The van der Waals surface area contributed by atoms with Crippen LogP contribution in [-0.4, -0.2) is 34.1 Å². The molecule has 0 radical (unpaired) electrons. The maximum absolute atomic E-state index is 13.6. The van der Waals surface area contributed by atoms with Gasteiger partial charge >= 0.3 is 11.9 Å². The summed E-state index contributed by atoms with van der Waals surface area (Å²) in [6, 6.07) is 6.00. The summed E-state index contributed by atoms with van der Waals surface area (Å²) >= 11 is 4.16. The van der Waals surface area contributed by atoms with Crippen molar-refractivity contribution in [2.24, 2.45) is 17.3 Å². The summed E-state index contributed by atoms with van der Waals surface area (Å²) in [5.41, 5.74) is 0.960. The molecule has 1 aromatic carbocycles. The Morgan fingerprint density at radius 1 is 1.21 bits per heavy atom. The van der Waals surface area contributed by atoms with Crippen molar-refractivity contribution in [2.45, 2.75) is 55.9 Å². The molecule has 1 spiro atoms. The Morgan fingerprint density at radius 3 is 2.72 bits per heavy atom. The van der Waals surface area contributed by atoms with E-state index >= 15 is 0 Å². The van der Waals surface area contributed by atoms with Crippen LogP contribution in [0, 0.1) is 24.2 Å². The third-order valence-electron chi connectivity index (χ3n) is 7.38. The molecule has 29 heavy (non-hydrogen) atoms. The van der Waals surface area contributed by atoms with Gasteiger partial charge in [0.2, 0.25) is 0 Å². The number of ether oxygens (including phenoxy) is 2. The molecule has 4 unspecified atom stereocenters. The van der Waals surface area contributed by atoms with Crippen LogP contribution < -0.4 is 4.74 Å². The van der Waals surface area contributed by atoms with Crippen molar-refractivity contribution in [3.63, 3.8) is 0 Å². The van der Waals surface area contributed by atoms with E-state index in [2.05, 4.69) is 36.5 Å². The minimum atomic E-state index is -1.19. The molecule has 4 nitrogen and oxygen atoms in total. The van der Waals surface area contributed by atoms with Gasteiger partial charge in [-0.2, -0.15) is 0 Å². The number of rotatable bonds is 2. The Balaban J connectivity index is 1.72. The number of carbonyl (C=O) groups is 2. The molecule has 5 rings (SSSR count). The van der Waals surface area contributed by atoms with Gasteiger partial charge in [0, 0.05) is 11.5 Å². The zero-order chi connectivity index (χ0) is 20.2. The van der Waals surface area contributed by atoms with Gasteiger partial charge in [0.1, 0.15) is 5.75 Å². The zero-order valence-corrected chi connectivity index (χ0v) is 18.7. The van der Waals surface area contributed by atoms with E-state index in [0.29, 0.717) is 11.7 Å². The summed E-state index contributed by atoms with van der Waals surface area (Å²) in [5.74, 6) is 2.41. The normalized spacial score (nSPS) is 34.7. The molecular formula is C23H28O4S2. The standard InChI is InChI=1S/C23H28O4S2/c1-3-26-20(24)23-17-7-4-6-16(17)22(28-10-5-11-29-22)13-18(23)15-12-14(2)8-9-19(15)27-21(23)25/h8-9,12,16-18H,3-7,10-11,13H2,1-2H3. The summed E-state index contributed by atoms with van der Waals surface area (Å²) in [6.45, 7) is 4.16. The monoisotopic (exact) mass is 432 g/mol. The highest BCUT2D eigenvalue weighted by Crippen LogP contribution is 2.70. The molecule has 3 fully saturated rings. The van der Waals surface area contributed by atoms with Crippen molar-refractivity contribution in [3.05, 3.63) is 29.3 Å². The van der Waals surface area contributed by atoms with E-state index in [1.165, 1.54) is 17.9 Å². The van der Waals surface area contributed by atoms with Gasteiger partial charge in [-0.05, 0) is 68.9 Å². The molecule has 0 bridgehead atoms. The van der Waals surface area contributed by atoms with Gasteiger partial charge in [0.25, 0.3) is 0 Å². The van der Waals surface area contributed by atoms with Crippen molar-refractivity contribution in [3.8, 4) is 5.75 Å². The van der Waals surface area contributed by atoms with Gasteiger partial charge in [0.05, 0.1) is 10.7 Å². The van der Waals surface area contributed by atoms with Crippen molar-refractivity contribution in [1.82, 2.24) is 0 Å². The molecular weight excluding hydrogens is 404 g/mol. The second kappa shape index (κ2) is 7.23. The Hall–Kier alpha value is -1.14. The summed E-state index contributed by atoms with van der Waals surface area (Å²) in [5, 5.41) is 0. The van der Waals surface area contributed by atoms with Gasteiger partial charge in [0.15, 0.2) is 5.41 Å². The number of fused-ring (bicyclic) bond motifs is 6. The van der Waals surface area contributed by atoms with E-state index in [0.717, 1.165) is 36.8 Å². The van der Waals surface area contributed by atoms with Crippen LogP contribution in [0.25, 0.3) is 0 Å². The molecule has 156 valence electrons. The fourth-order valence-electron chi connectivity index (χ4n) is 6.30. The van der Waals surface area contributed by atoms with Crippen LogP contribution >= 0.6 is 23.5 Å². The number of esters is 2. The average Bonchev–Trinajstić information content (AvgIpc) is 3.21. The third kappa shape index (κ3) is 2.74. The summed E-state index contributed by atoms with van der Waals surface area (Å²) < 4.78 is 11.5. The average molecular weight is 433 g/mol. The highest BCUT2D eigenvalue weighted by Gasteiger charge is 2.71. The fraction of sp³-hybridized carbons (Fsp3) is 0.652. The largest absolute Gasteiger partial charge is 0.465 e. The first kappa shape index (κ1) is 19.8. The predicted molar refractivity (Wildman–Crippen MR) is 116 cm³/mol. The summed E-state index contributed by atoms with van der Waals surface area (Å²) in [4.78, 5) is 27.1. The molecule has 4 atom stereocenters. The molecule has 6 heteroatoms. The van der Waals surface area contributed by atoms with Crippen LogP contribution in [0.4, 0.5) is 0 Å². The van der Waals surface area contributed by atoms with Crippen molar-refractivity contribution in [1.29, 1.82) is 0 Å². The number of hydrogen-bond acceptors (Lipinski definition) is 6. The van der Waals surface area contributed by atoms with Gasteiger partial charge in [-0.1, -0.05) is 24.1 Å². The first-order chi connectivity index (χ1) is 14.0. The number of carbonyl (C=O) groups excluding carboxylic acids is 2. The first-order valence-electron chi connectivity index (χ1n) is 10.8. The van der Waals surface area contributed by atoms with Crippen LogP contribution in [0.5, 0.6) is 5.75 Å². The summed E-state index contributed by atoms with van der Waals surface area (Å²) in [6.07, 6.45) is 5.14. The fourth-order valence-corrected chi connectivity index (χ4v) is 10.1. The molecule has 1 saturated heterocycles.